The van der Waals surface area contributed by atoms with Gasteiger partial charge >= 0.3 is 0 Å². The normalized spacial score (nSPS) is 17.7. The van der Waals surface area contributed by atoms with E-state index in [4.69, 9.17) is 9.47 Å². The lowest BCUT2D eigenvalue weighted by Crippen LogP contribution is -2.48. The number of amides is 3. The molecule has 1 atom stereocenters. The lowest BCUT2D eigenvalue weighted by Gasteiger charge is -2.31. The quantitative estimate of drug-likeness (QED) is 0.672. The molecule has 4 rings (SSSR count). The maximum atomic E-state index is 13.2. The monoisotopic (exact) mass is 443 g/mol. The summed E-state index contributed by atoms with van der Waals surface area (Å²) in [5.41, 5.74) is 0.561. The van der Waals surface area contributed by atoms with Crippen LogP contribution in [0.2, 0.25) is 0 Å². The second kappa shape index (κ2) is 9.93. The molecule has 0 bridgehead atoms. The van der Waals surface area contributed by atoms with Gasteiger partial charge in [0, 0.05) is 18.0 Å². The maximum Gasteiger partial charge on any atom is 0.265 e. The van der Waals surface area contributed by atoms with Crippen molar-refractivity contribution in [3.8, 4) is 5.75 Å². The Morgan fingerprint density at radius 2 is 2.10 bits per heavy atom. The van der Waals surface area contributed by atoms with Crippen LogP contribution < -0.4 is 15.0 Å². The number of hydrogen-bond acceptors (Lipinski definition) is 6. The number of anilines is 1. The number of ether oxygens (including phenoxy) is 2. The number of thiophene rings is 1. The molecule has 2 aromatic rings. The van der Waals surface area contributed by atoms with E-state index in [0.717, 1.165) is 24.3 Å². The summed E-state index contributed by atoms with van der Waals surface area (Å²) < 4.78 is 11.0. The van der Waals surface area contributed by atoms with Crippen molar-refractivity contribution in [2.24, 2.45) is 0 Å². The SMILES string of the molecule is O=C(CN(Cc1cccs1)C(=O)CN1C(=O)COc2ccccc21)NCC1CCCO1. The van der Waals surface area contributed by atoms with Crippen LogP contribution in [0.4, 0.5) is 5.69 Å². The van der Waals surface area contributed by atoms with Gasteiger partial charge < -0.3 is 19.7 Å². The number of fused-ring (bicyclic) bond motifs is 1. The molecule has 164 valence electrons. The van der Waals surface area contributed by atoms with Gasteiger partial charge in [-0.05, 0) is 36.4 Å². The van der Waals surface area contributed by atoms with Crippen molar-refractivity contribution in [1.82, 2.24) is 10.2 Å². The van der Waals surface area contributed by atoms with Crippen LogP contribution in [-0.2, 0) is 25.7 Å². The first kappa shape index (κ1) is 21.3. The Labute approximate surface area is 184 Å². The van der Waals surface area contributed by atoms with E-state index in [-0.39, 0.29) is 43.5 Å². The minimum absolute atomic E-state index is 0.0351. The lowest BCUT2D eigenvalue weighted by molar-refractivity contribution is -0.136. The van der Waals surface area contributed by atoms with Crippen molar-refractivity contribution in [2.75, 3.05) is 37.7 Å². The Morgan fingerprint density at radius 3 is 2.87 bits per heavy atom. The first-order chi connectivity index (χ1) is 15.1. The Hall–Kier alpha value is -2.91. The highest BCUT2D eigenvalue weighted by atomic mass is 32.1. The minimum Gasteiger partial charge on any atom is -0.482 e. The Morgan fingerprint density at radius 1 is 1.23 bits per heavy atom. The lowest BCUT2D eigenvalue weighted by atomic mass is 10.2. The molecule has 1 saturated heterocycles. The molecular formula is C22H25N3O5S. The van der Waals surface area contributed by atoms with Crippen molar-refractivity contribution in [3.63, 3.8) is 0 Å². The second-order valence-corrected chi connectivity index (χ2v) is 8.54. The summed E-state index contributed by atoms with van der Waals surface area (Å²) in [7, 11) is 0. The molecule has 2 aliphatic heterocycles. The van der Waals surface area contributed by atoms with Crippen LogP contribution in [0.25, 0.3) is 0 Å². The fourth-order valence-corrected chi connectivity index (χ4v) is 4.37. The minimum atomic E-state index is -0.300. The molecule has 9 heteroatoms. The molecule has 0 aliphatic carbocycles. The highest BCUT2D eigenvalue weighted by molar-refractivity contribution is 7.09. The maximum absolute atomic E-state index is 13.2. The number of para-hydroxylation sites is 2. The molecule has 3 heterocycles. The summed E-state index contributed by atoms with van der Waals surface area (Å²) in [6.07, 6.45) is 1.96. The summed E-state index contributed by atoms with van der Waals surface area (Å²) in [6, 6.07) is 10.9. The standard InChI is InChI=1S/C22H25N3O5S/c26-20(23-11-16-5-3-9-29-16)13-24(12-17-6-4-10-31-17)21(27)14-25-18-7-1-2-8-19(18)30-15-22(25)28/h1-2,4,6-8,10,16H,3,5,9,11-15H2,(H,23,26). The van der Waals surface area contributed by atoms with Gasteiger partial charge in [0.05, 0.1) is 24.9 Å². The van der Waals surface area contributed by atoms with Crippen LogP contribution in [0, 0.1) is 0 Å². The summed E-state index contributed by atoms with van der Waals surface area (Å²) in [5.74, 6) is -0.264. The van der Waals surface area contributed by atoms with E-state index in [1.807, 2.05) is 23.6 Å². The largest absolute Gasteiger partial charge is 0.482 e. The number of carbonyl (C=O) groups is 3. The van der Waals surface area contributed by atoms with Crippen molar-refractivity contribution >= 4 is 34.7 Å². The van der Waals surface area contributed by atoms with Crippen LogP contribution in [0.5, 0.6) is 5.75 Å². The van der Waals surface area contributed by atoms with Gasteiger partial charge in [-0.1, -0.05) is 18.2 Å². The molecule has 2 aliphatic rings. The summed E-state index contributed by atoms with van der Waals surface area (Å²) in [4.78, 5) is 42.0. The van der Waals surface area contributed by atoms with Crippen LogP contribution >= 0.6 is 11.3 Å². The first-order valence-corrected chi connectivity index (χ1v) is 11.2. The fraction of sp³-hybridized carbons (Fsp3) is 0.409. The number of hydrogen-bond donors (Lipinski definition) is 1. The van der Waals surface area contributed by atoms with Gasteiger partial charge in [0.2, 0.25) is 11.8 Å². The number of benzene rings is 1. The second-order valence-electron chi connectivity index (χ2n) is 7.50. The van der Waals surface area contributed by atoms with Gasteiger partial charge in [0.15, 0.2) is 6.61 Å². The Bertz CT molecular complexity index is 927. The van der Waals surface area contributed by atoms with E-state index >= 15 is 0 Å². The van der Waals surface area contributed by atoms with Gasteiger partial charge in [-0.3, -0.25) is 19.3 Å². The third-order valence-corrected chi connectivity index (χ3v) is 6.13. The molecule has 1 N–H and O–H groups in total. The average molecular weight is 444 g/mol. The highest BCUT2D eigenvalue weighted by Gasteiger charge is 2.29. The molecule has 3 amide bonds. The predicted molar refractivity (Wildman–Crippen MR) is 116 cm³/mol. The van der Waals surface area contributed by atoms with Crippen LogP contribution in [0.3, 0.4) is 0 Å². The molecule has 31 heavy (non-hydrogen) atoms. The summed E-state index contributed by atoms with van der Waals surface area (Å²) >= 11 is 1.52. The van der Waals surface area contributed by atoms with Crippen LogP contribution in [0.1, 0.15) is 17.7 Å². The van der Waals surface area contributed by atoms with Gasteiger partial charge in [-0.2, -0.15) is 0 Å². The highest BCUT2D eigenvalue weighted by Crippen LogP contribution is 2.31. The topological polar surface area (TPSA) is 88.2 Å². The number of nitrogens with zero attached hydrogens (tertiary/aromatic N) is 2. The number of nitrogens with one attached hydrogen (secondary N) is 1. The first-order valence-electron chi connectivity index (χ1n) is 10.3. The molecule has 1 aromatic carbocycles. The molecule has 1 aromatic heterocycles. The molecule has 1 fully saturated rings. The van der Waals surface area contributed by atoms with Crippen molar-refractivity contribution in [3.05, 3.63) is 46.7 Å². The van der Waals surface area contributed by atoms with Crippen LogP contribution in [0.15, 0.2) is 41.8 Å². The van der Waals surface area contributed by atoms with Gasteiger partial charge in [0.1, 0.15) is 12.3 Å². The Balaban J connectivity index is 1.43. The molecule has 1 unspecified atom stereocenters. The number of rotatable bonds is 8. The molecule has 0 radical (unpaired) electrons. The molecular weight excluding hydrogens is 418 g/mol. The van der Waals surface area contributed by atoms with Gasteiger partial charge in [0.25, 0.3) is 5.91 Å². The van der Waals surface area contributed by atoms with Crippen molar-refractivity contribution < 1.29 is 23.9 Å². The third kappa shape index (κ3) is 5.42. The van der Waals surface area contributed by atoms with E-state index in [2.05, 4.69) is 5.32 Å². The summed E-state index contributed by atoms with van der Waals surface area (Å²) in [6.45, 7) is 1.13. The predicted octanol–water partition coefficient (Wildman–Crippen LogP) is 1.80. The zero-order valence-electron chi connectivity index (χ0n) is 17.1. The average Bonchev–Trinajstić information content (AvgIpc) is 3.48. The van der Waals surface area contributed by atoms with E-state index in [1.165, 1.54) is 21.1 Å². The number of carbonyl (C=O) groups excluding carboxylic acids is 3. The van der Waals surface area contributed by atoms with Gasteiger partial charge in [-0.15, -0.1) is 11.3 Å². The van der Waals surface area contributed by atoms with Crippen molar-refractivity contribution in [2.45, 2.75) is 25.5 Å². The third-order valence-electron chi connectivity index (χ3n) is 5.27. The zero-order chi connectivity index (χ0) is 21.6. The van der Waals surface area contributed by atoms with E-state index in [1.54, 1.807) is 18.2 Å². The van der Waals surface area contributed by atoms with Crippen LogP contribution in [-0.4, -0.2) is 61.6 Å². The Kier molecular flexibility index (Phi) is 6.83. The molecule has 0 spiro atoms. The van der Waals surface area contributed by atoms with E-state index < -0.39 is 0 Å². The van der Waals surface area contributed by atoms with E-state index in [0.29, 0.717) is 24.5 Å². The molecule has 8 nitrogen and oxygen atoms in total. The summed E-state index contributed by atoms with van der Waals surface area (Å²) in [5, 5.41) is 4.79. The molecule has 0 saturated carbocycles. The van der Waals surface area contributed by atoms with E-state index in [9.17, 15) is 14.4 Å². The fourth-order valence-electron chi connectivity index (χ4n) is 3.65. The smallest absolute Gasteiger partial charge is 0.265 e. The van der Waals surface area contributed by atoms with Gasteiger partial charge in [-0.25, -0.2) is 0 Å². The van der Waals surface area contributed by atoms with Crippen molar-refractivity contribution in [1.29, 1.82) is 0 Å². The zero-order valence-corrected chi connectivity index (χ0v) is 17.9.